The summed E-state index contributed by atoms with van der Waals surface area (Å²) in [5, 5.41) is 14.6. The molecule has 1 aromatic heterocycles. The molecule has 1 heterocycles. The molecule has 7 nitrogen and oxygen atoms in total. The van der Waals surface area contributed by atoms with E-state index < -0.39 is 12.1 Å². The Morgan fingerprint density at radius 1 is 1.18 bits per heavy atom. The molecular weight excluding hydrogens is 442 g/mol. The largest absolute Gasteiger partial charge is 0.478 e. The summed E-state index contributed by atoms with van der Waals surface area (Å²) < 4.78 is 9.17. The molecule has 0 amide bonds. The first kappa shape index (κ1) is 23.1. The fourth-order valence-electron chi connectivity index (χ4n) is 4.34. The van der Waals surface area contributed by atoms with Crippen LogP contribution in [0.4, 0.5) is 0 Å². The minimum Gasteiger partial charge on any atom is -0.478 e. The van der Waals surface area contributed by atoms with Crippen LogP contribution >= 0.6 is 11.6 Å². The average Bonchev–Trinajstić information content (AvgIpc) is 3.43. The van der Waals surface area contributed by atoms with Crippen LogP contribution in [0.1, 0.15) is 68.1 Å². The summed E-state index contributed by atoms with van der Waals surface area (Å²) in [4.78, 5) is 24.9. The molecule has 1 aliphatic rings. The highest BCUT2D eigenvalue weighted by molar-refractivity contribution is 6.31. The molecule has 0 aliphatic heterocycles. The van der Waals surface area contributed by atoms with E-state index in [1.165, 1.54) is 0 Å². The van der Waals surface area contributed by atoms with E-state index in [0.717, 1.165) is 49.9 Å². The first-order chi connectivity index (χ1) is 16.0. The van der Waals surface area contributed by atoms with Crippen LogP contribution in [0.2, 0.25) is 5.02 Å². The Labute approximate surface area is 197 Å². The Bertz CT molecular complexity index is 1160. The minimum atomic E-state index is -1.21. The molecule has 1 saturated carbocycles. The second-order valence-corrected chi connectivity index (χ2v) is 8.83. The molecule has 1 aliphatic carbocycles. The van der Waals surface area contributed by atoms with Gasteiger partial charge in [-0.25, -0.2) is 14.3 Å². The number of carbonyl (C=O) groups is 1. The van der Waals surface area contributed by atoms with Crippen LogP contribution in [-0.2, 0) is 17.8 Å². The summed E-state index contributed by atoms with van der Waals surface area (Å²) in [5.74, 6) is 0.0931. The summed E-state index contributed by atoms with van der Waals surface area (Å²) in [5.41, 5.74) is 1.25. The summed E-state index contributed by atoms with van der Waals surface area (Å²) in [7, 11) is 0. The number of hydrogen-bond donors (Lipinski definition) is 1. The van der Waals surface area contributed by atoms with Gasteiger partial charge in [0.15, 0.2) is 0 Å². The lowest BCUT2D eigenvalue weighted by molar-refractivity contribution is -0.145. The van der Waals surface area contributed by atoms with E-state index in [0.29, 0.717) is 22.9 Å². The molecule has 3 aromatic rings. The lowest BCUT2D eigenvalue weighted by Gasteiger charge is -2.17. The van der Waals surface area contributed by atoms with Crippen molar-refractivity contribution in [2.24, 2.45) is 0 Å². The van der Waals surface area contributed by atoms with E-state index in [9.17, 15) is 14.7 Å². The first-order valence-electron chi connectivity index (χ1n) is 11.4. The lowest BCUT2D eigenvalue weighted by atomic mass is 10.1. The Hall–Kier alpha value is -3.06. The Kier molecular flexibility index (Phi) is 7.18. The van der Waals surface area contributed by atoms with Crippen molar-refractivity contribution < 1.29 is 14.6 Å². The number of aromatic nitrogens is 3. The molecule has 4 rings (SSSR count). The van der Waals surface area contributed by atoms with E-state index in [-0.39, 0.29) is 11.7 Å². The maximum Gasteiger partial charge on any atom is 0.349 e. The summed E-state index contributed by atoms with van der Waals surface area (Å²) in [6.45, 7) is 2.49. The van der Waals surface area contributed by atoms with Crippen molar-refractivity contribution in [1.29, 1.82) is 0 Å². The van der Waals surface area contributed by atoms with Gasteiger partial charge in [0.25, 0.3) is 0 Å². The van der Waals surface area contributed by atoms with Gasteiger partial charge in [-0.15, -0.1) is 0 Å². The highest BCUT2D eigenvalue weighted by atomic mass is 35.5. The molecule has 1 N–H and O–H groups in total. The van der Waals surface area contributed by atoms with Crippen molar-refractivity contribution in [2.75, 3.05) is 0 Å². The lowest BCUT2D eigenvalue weighted by Crippen LogP contribution is -2.28. The quantitative estimate of drug-likeness (QED) is 0.475. The zero-order valence-corrected chi connectivity index (χ0v) is 19.4. The molecule has 174 valence electrons. The van der Waals surface area contributed by atoms with Gasteiger partial charge in [-0.1, -0.05) is 61.7 Å². The smallest absolute Gasteiger partial charge is 0.349 e. The molecule has 1 fully saturated rings. The van der Waals surface area contributed by atoms with Crippen LogP contribution < -0.4 is 10.4 Å². The molecule has 2 aromatic carbocycles. The number of hydrogen-bond acceptors (Lipinski definition) is 4. The number of nitrogens with zero attached hydrogens (tertiary/aromatic N) is 3. The molecule has 0 bridgehead atoms. The molecular formula is C25H28ClN3O4. The summed E-state index contributed by atoms with van der Waals surface area (Å²) >= 11 is 6.17. The van der Waals surface area contributed by atoms with Crippen LogP contribution in [-0.4, -0.2) is 25.4 Å². The van der Waals surface area contributed by atoms with Crippen molar-refractivity contribution >= 4 is 17.6 Å². The predicted octanol–water partition coefficient (Wildman–Crippen LogP) is 5.02. The number of benzene rings is 2. The summed E-state index contributed by atoms with van der Waals surface area (Å²) in [6, 6.07) is 14.1. The van der Waals surface area contributed by atoms with Crippen molar-refractivity contribution in [1.82, 2.24) is 14.3 Å². The van der Waals surface area contributed by atoms with Gasteiger partial charge in [0, 0.05) is 17.0 Å². The standard InChI is InChI=1S/C25H28ClN3O4/c1-2-7-22-27-29(18-8-3-4-9-18)25(32)28(22)16-17-12-14-19(15-13-17)33-23(24(30)31)20-10-5-6-11-21(20)26/h5-6,10-15,18,23H,2-4,7-9,16H2,1H3,(H,30,31). The molecule has 0 spiro atoms. The van der Waals surface area contributed by atoms with Gasteiger partial charge >= 0.3 is 11.7 Å². The second-order valence-electron chi connectivity index (χ2n) is 8.42. The van der Waals surface area contributed by atoms with Gasteiger partial charge in [-0.3, -0.25) is 4.57 Å². The van der Waals surface area contributed by atoms with Gasteiger partial charge in [0.05, 0.1) is 12.6 Å². The second kappa shape index (κ2) is 10.3. The fourth-order valence-corrected chi connectivity index (χ4v) is 4.57. The van der Waals surface area contributed by atoms with Gasteiger partial charge < -0.3 is 9.84 Å². The highest BCUT2D eigenvalue weighted by Gasteiger charge is 2.25. The molecule has 8 heteroatoms. The minimum absolute atomic E-state index is 0.0599. The number of carboxylic acids is 1. The number of rotatable bonds is 9. The summed E-state index contributed by atoms with van der Waals surface area (Å²) in [6.07, 6.45) is 4.73. The number of carboxylic acid groups (broad SMARTS) is 1. The Balaban J connectivity index is 1.53. The molecule has 1 atom stereocenters. The van der Waals surface area contributed by atoms with Gasteiger partial charge in [-0.05, 0) is 43.0 Å². The fraction of sp³-hybridized carbons (Fsp3) is 0.400. The first-order valence-corrected chi connectivity index (χ1v) is 11.8. The SMILES string of the molecule is CCCc1nn(C2CCCC2)c(=O)n1Cc1ccc(OC(C(=O)O)c2ccccc2Cl)cc1. The third-order valence-corrected chi connectivity index (χ3v) is 6.38. The molecule has 0 radical (unpaired) electrons. The third kappa shape index (κ3) is 5.14. The van der Waals surface area contributed by atoms with Crippen LogP contribution in [0, 0.1) is 0 Å². The van der Waals surface area contributed by atoms with Crippen LogP contribution in [0.15, 0.2) is 53.3 Å². The van der Waals surface area contributed by atoms with Crippen molar-refractivity contribution in [3.63, 3.8) is 0 Å². The van der Waals surface area contributed by atoms with E-state index in [2.05, 4.69) is 12.0 Å². The van der Waals surface area contributed by atoms with Gasteiger partial charge in [0.2, 0.25) is 6.10 Å². The Morgan fingerprint density at radius 3 is 2.52 bits per heavy atom. The van der Waals surface area contributed by atoms with E-state index in [1.54, 1.807) is 45.6 Å². The zero-order chi connectivity index (χ0) is 23.4. The maximum absolute atomic E-state index is 13.1. The van der Waals surface area contributed by atoms with Crippen LogP contribution in [0.5, 0.6) is 5.75 Å². The van der Waals surface area contributed by atoms with Gasteiger partial charge in [-0.2, -0.15) is 5.10 Å². The van der Waals surface area contributed by atoms with E-state index >= 15 is 0 Å². The Morgan fingerprint density at radius 2 is 1.88 bits per heavy atom. The highest BCUT2D eigenvalue weighted by Crippen LogP contribution is 2.29. The van der Waals surface area contributed by atoms with E-state index in [1.807, 2.05) is 12.1 Å². The molecule has 33 heavy (non-hydrogen) atoms. The molecule has 0 saturated heterocycles. The normalized spacial score (nSPS) is 15.0. The van der Waals surface area contributed by atoms with Crippen molar-refractivity contribution in [3.8, 4) is 5.75 Å². The third-order valence-electron chi connectivity index (χ3n) is 6.04. The van der Waals surface area contributed by atoms with Crippen LogP contribution in [0.3, 0.4) is 0 Å². The van der Waals surface area contributed by atoms with Crippen molar-refractivity contribution in [2.45, 2.75) is 64.1 Å². The predicted molar refractivity (Wildman–Crippen MR) is 126 cm³/mol. The van der Waals surface area contributed by atoms with Gasteiger partial charge in [0.1, 0.15) is 11.6 Å². The van der Waals surface area contributed by atoms with E-state index in [4.69, 9.17) is 16.3 Å². The zero-order valence-electron chi connectivity index (χ0n) is 18.6. The molecule has 1 unspecified atom stereocenters. The number of halogens is 1. The topological polar surface area (TPSA) is 86.4 Å². The van der Waals surface area contributed by atoms with Crippen LogP contribution in [0.25, 0.3) is 0 Å². The number of aryl methyl sites for hydroxylation is 1. The average molecular weight is 470 g/mol. The monoisotopic (exact) mass is 469 g/mol. The maximum atomic E-state index is 13.1. The number of aliphatic carboxylic acids is 1. The number of ether oxygens (including phenoxy) is 1. The van der Waals surface area contributed by atoms with Crippen molar-refractivity contribution in [3.05, 3.63) is 81.0 Å².